The van der Waals surface area contributed by atoms with Gasteiger partial charge in [0.2, 0.25) is 0 Å². The van der Waals surface area contributed by atoms with Crippen molar-refractivity contribution in [2.24, 2.45) is 0 Å². The molecule has 0 N–H and O–H groups in total. The van der Waals surface area contributed by atoms with Gasteiger partial charge in [0.1, 0.15) is 0 Å². The first kappa shape index (κ1) is 29.7. The number of fused-ring (bicyclic) bond motifs is 6. The van der Waals surface area contributed by atoms with Crippen molar-refractivity contribution in [3.63, 3.8) is 0 Å². The summed E-state index contributed by atoms with van der Waals surface area (Å²) < 4.78 is 5.84. The molecule has 10 rings (SSSR count). The van der Waals surface area contributed by atoms with Gasteiger partial charge in [-0.1, -0.05) is 131 Å². The molecule has 0 saturated carbocycles. The van der Waals surface area contributed by atoms with Crippen molar-refractivity contribution in [3.8, 4) is 44.8 Å². The second-order valence-electron chi connectivity index (χ2n) is 13.1. The average molecular weight is 716 g/mol. The first-order chi connectivity index (χ1) is 25.2. The smallest absolute Gasteiger partial charge is 0.0541 e. The molecule has 0 aliphatic heterocycles. The molecule has 0 radical (unpaired) electrons. The van der Waals surface area contributed by atoms with Crippen LogP contribution in [0.3, 0.4) is 0 Å². The fourth-order valence-electron chi connectivity index (χ4n) is 7.87. The van der Waals surface area contributed by atoms with Gasteiger partial charge in [0.25, 0.3) is 0 Å². The van der Waals surface area contributed by atoms with Crippen LogP contribution in [-0.2, 0) is 0 Å². The van der Waals surface area contributed by atoms with Gasteiger partial charge < -0.3 is 9.13 Å². The highest BCUT2D eigenvalue weighted by Crippen LogP contribution is 2.40. The van der Waals surface area contributed by atoms with Crippen molar-refractivity contribution >= 4 is 59.5 Å². The normalized spacial score (nSPS) is 11.6. The molecule has 0 saturated heterocycles. The van der Waals surface area contributed by atoms with Gasteiger partial charge in [-0.3, -0.25) is 0 Å². The van der Waals surface area contributed by atoms with E-state index in [1.165, 1.54) is 88.4 Å². The van der Waals surface area contributed by atoms with Crippen LogP contribution in [-0.4, -0.2) is 9.13 Å². The summed E-state index contributed by atoms with van der Waals surface area (Å²) in [7, 11) is 0. The van der Waals surface area contributed by atoms with Crippen LogP contribution < -0.4 is 0 Å². The molecule has 2 aromatic heterocycles. The topological polar surface area (TPSA) is 9.86 Å². The monoisotopic (exact) mass is 714 g/mol. The van der Waals surface area contributed by atoms with Crippen LogP contribution in [0.5, 0.6) is 0 Å². The molecular weight excluding hydrogens is 684 g/mol. The van der Waals surface area contributed by atoms with E-state index < -0.39 is 0 Å². The number of halogens is 1. The van der Waals surface area contributed by atoms with E-state index >= 15 is 0 Å². The maximum Gasteiger partial charge on any atom is 0.0541 e. The van der Waals surface area contributed by atoms with E-state index in [1.54, 1.807) is 0 Å². The quantitative estimate of drug-likeness (QED) is 0.168. The fraction of sp³-hybridized carbons (Fsp3) is 0. The first-order valence-corrected chi connectivity index (χ1v) is 18.1. The molecule has 2 nitrogen and oxygen atoms in total. The third-order valence-corrected chi connectivity index (χ3v) is 10.6. The summed E-state index contributed by atoms with van der Waals surface area (Å²) in [5.41, 5.74) is 14.3. The summed E-state index contributed by atoms with van der Waals surface area (Å²) in [4.78, 5) is 0. The highest BCUT2D eigenvalue weighted by atomic mass is 79.9. The van der Waals surface area contributed by atoms with Crippen molar-refractivity contribution in [1.29, 1.82) is 0 Å². The molecule has 0 aliphatic rings. The van der Waals surface area contributed by atoms with Crippen LogP contribution in [0, 0.1) is 0 Å². The summed E-state index contributed by atoms with van der Waals surface area (Å²) in [6, 6.07) is 68.1. The minimum atomic E-state index is 1.06. The second-order valence-corrected chi connectivity index (χ2v) is 14.0. The number of para-hydroxylation sites is 4. The molecule has 0 amide bonds. The van der Waals surface area contributed by atoms with Crippen LogP contribution in [0.1, 0.15) is 0 Å². The third kappa shape index (κ3) is 4.92. The van der Waals surface area contributed by atoms with Gasteiger partial charge >= 0.3 is 0 Å². The van der Waals surface area contributed by atoms with Gasteiger partial charge in [-0.05, 0) is 101 Å². The zero-order valence-electron chi connectivity index (χ0n) is 27.7. The zero-order chi connectivity index (χ0) is 33.9. The maximum absolute atomic E-state index is 3.88. The Kier molecular flexibility index (Phi) is 7.00. The average Bonchev–Trinajstić information content (AvgIpc) is 3.70. The number of nitrogens with zero attached hydrogens (tertiary/aromatic N) is 2. The number of hydrogen-bond donors (Lipinski definition) is 0. The highest BCUT2D eigenvalue weighted by Gasteiger charge is 2.17. The lowest BCUT2D eigenvalue weighted by atomic mass is 9.97. The van der Waals surface area contributed by atoms with Gasteiger partial charge in [-0.15, -0.1) is 0 Å². The molecule has 2 heterocycles. The summed E-state index contributed by atoms with van der Waals surface area (Å²) in [6.07, 6.45) is 0. The molecule has 8 aromatic carbocycles. The Morgan fingerprint density at radius 2 is 0.804 bits per heavy atom. The largest absolute Gasteiger partial charge is 0.309 e. The molecule has 0 bridgehead atoms. The Labute approximate surface area is 304 Å². The molecule has 240 valence electrons. The van der Waals surface area contributed by atoms with E-state index in [-0.39, 0.29) is 0 Å². The van der Waals surface area contributed by atoms with Crippen LogP contribution in [0.4, 0.5) is 0 Å². The molecule has 51 heavy (non-hydrogen) atoms. The summed E-state index contributed by atoms with van der Waals surface area (Å²) >= 11 is 3.88. The van der Waals surface area contributed by atoms with E-state index in [0.29, 0.717) is 0 Å². The number of hydrogen-bond acceptors (Lipinski definition) is 0. The lowest BCUT2D eigenvalue weighted by molar-refractivity contribution is 1.18. The lowest BCUT2D eigenvalue weighted by Crippen LogP contribution is -1.97. The molecule has 0 spiro atoms. The fourth-order valence-corrected chi connectivity index (χ4v) is 8.37. The molecule has 0 unspecified atom stereocenters. The zero-order valence-corrected chi connectivity index (χ0v) is 29.3. The standard InChI is InChI=1S/C48H31BrN2/c49-37-28-35(33-23-25-47-42(30-33)40-18-8-11-21-45(40)50(47)38-15-5-2-6-16-38)27-36(29-37)34-24-26-48-43(31-34)41-19-9-12-22-46(41)51(48)44-20-10-7-17-39(44)32-13-3-1-4-14-32/h1-31H. The van der Waals surface area contributed by atoms with Gasteiger partial charge in [0.15, 0.2) is 0 Å². The van der Waals surface area contributed by atoms with Gasteiger partial charge in [0.05, 0.1) is 27.8 Å². The van der Waals surface area contributed by atoms with Crippen molar-refractivity contribution in [2.45, 2.75) is 0 Å². The molecule has 3 heteroatoms. The molecule has 0 aliphatic carbocycles. The molecular formula is C48H31BrN2. The number of benzene rings is 8. The Morgan fingerprint density at radius 1 is 0.314 bits per heavy atom. The van der Waals surface area contributed by atoms with Crippen LogP contribution in [0.15, 0.2) is 193 Å². The summed E-state index contributed by atoms with van der Waals surface area (Å²) in [6.45, 7) is 0. The lowest BCUT2D eigenvalue weighted by Gasteiger charge is -2.14. The predicted octanol–water partition coefficient (Wildman–Crippen LogP) is 13.6. The summed E-state index contributed by atoms with van der Waals surface area (Å²) in [5.74, 6) is 0. The van der Waals surface area contributed by atoms with Crippen molar-refractivity contribution in [2.75, 3.05) is 0 Å². The van der Waals surface area contributed by atoms with E-state index in [2.05, 4.69) is 213 Å². The van der Waals surface area contributed by atoms with E-state index in [0.717, 1.165) is 4.47 Å². The van der Waals surface area contributed by atoms with Crippen molar-refractivity contribution in [1.82, 2.24) is 9.13 Å². The Hall–Kier alpha value is -6.16. The molecule has 10 aromatic rings. The third-order valence-electron chi connectivity index (χ3n) is 10.2. The van der Waals surface area contributed by atoms with Gasteiger partial charge in [0, 0.05) is 37.3 Å². The van der Waals surface area contributed by atoms with E-state index in [1.807, 2.05) is 0 Å². The van der Waals surface area contributed by atoms with Gasteiger partial charge in [-0.25, -0.2) is 0 Å². The van der Waals surface area contributed by atoms with Crippen LogP contribution >= 0.6 is 15.9 Å². The highest BCUT2D eigenvalue weighted by molar-refractivity contribution is 9.10. The second kappa shape index (κ2) is 12.0. The van der Waals surface area contributed by atoms with Crippen LogP contribution in [0.2, 0.25) is 0 Å². The Balaban J connectivity index is 1.12. The van der Waals surface area contributed by atoms with Crippen molar-refractivity contribution < 1.29 is 0 Å². The van der Waals surface area contributed by atoms with Crippen LogP contribution in [0.25, 0.3) is 88.4 Å². The SMILES string of the molecule is Brc1cc(-c2ccc3c(c2)c2ccccc2n3-c2ccccc2)cc(-c2ccc3c(c2)c2ccccc2n3-c2ccccc2-c2ccccc2)c1. The molecule has 0 atom stereocenters. The number of aromatic nitrogens is 2. The van der Waals surface area contributed by atoms with Crippen molar-refractivity contribution in [3.05, 3.63) is 193 Å². The molecule has 0 fully saturated rings. The van der Waals surface area contributed by atoms with E-state index in [9.17, 15) is 0 Å². The Bertz CT molecular complexity index is 2920. The number of rotatable bonds is 5. The first-order valence-electron chi connectivity index (χ1n) is 17.3. The maximum atomic E-state index is 3.88. The minimum absolute atomic E-state index is 1.06. The predicted molar refractivity (Wildman–Crippen MR) is 219 cm³/mol. The Morgan fingerprint density at radius 3 is 1.45 bits per heavy atom. The van der Waals surface area contributed by atoms with E-state index in [4.69, 9.17) is 0 Å². The van der Waals surface area contributed by atoms with Gasteiger partial charge in [-0.2, -0.15) is 0 Å². The minimum Gasteiger partial charge on any atom is -0.309 e. The summed E-state index contributed by atoms with van der Waals surface area (Å²) in [5, 5.41) is 4.98.